The maximum Gasteiger partial charge on any atom is 0.236 e. The van der Waals surface area contributed by atoms with Crippen LogP contribution in [0.5, 0.6) is 5.75 Å². The van der Waals surface area contributed by atoms with Crippen molar-refractivity contribution in [3.63, 3.8) is 0 Å². The first-order valence-electron chi connectivity index (χ1n) is 4.91. The molecule has 3 N–H and O–H groups in total. The molecule has 4 nitrogen and oxygen atoms in total. The summed E-state index contributed by atoms with van der Waals surface area (Å²) in [6, 6.07) is 8.98. The van der Waals surface area contributed by atoms with E-state index in [4.69, 9.17) is 10.5 Å². The molecule has 0 bridgehead atoms. The highest BCUT2D eigenvalue weighted by molar-refractivity contribution is 5.80. The van der Waals surface area contributed by atoms with Gasteiger partial charge in [-0.1, -0.05) is 18.2 Å². The topological polar surface area (TPSA) is 64.4 Å². The SMILES string of the molecule is C[C@H](N)C(=O)NCCOc1ccccc1. The number of benzene rings is 1. The van der Waals surface area contributed by atoms with Gasteiger partial charge in [-0.25, -0.2) is 0 Å². The second-order valence-electron chi connectivity index (χ2n) is 3.24. The number of nitrogens with one attached hydrogen (secondary N) is 1. The highest BCUT2D eigenvalue weighted by Crippen LogP contribution is 2.07. The Morgan fingerprint density at radius 2 is 2.13 bits per heavy atom. The largest absolute Gasteiger partial charge is 0.492 e. The molecule has 4 heteroatoms. The number of amides is 1. The summed E-state index contributed by atoms with van der Waals surface area (Å²) in [5.74, 6) is 0.638. The van der Waals surface area contributed by atoms with Gasteiger partial charge in [0, 0.05) is 0 Å². The van der Waals surface area contributed by atoms with Crippen LogP contribution in [0, 0.1) is 0 Å². The lowest BCUT2D eigenvalue weighted by Crippen LogP contribution is -2.40. The van der Waals surface area contributed by atoms with Crippen LogP contribution in [0.25, 0.3) is 0 Å². The summed E-state index contributed by atoms with van der Waals surface area (Å²) in [4.78, 5) is 11.1. The summed E-state index contributed by atoms with van der Waals surface area (Å²) in [6.45, 7) is 2.56. The average Bonchev–Trinajstić information content (AvgIpc) is 2.25. The minimum absolute atomic E-state index is 0.160. The molecule has 0 unspecified atom stereocenters. The number of carbonyl (C=O) groups is 1. The molecule has 0 spiro atoms. The van der Waals surface area contributed by atoms with Crippen LogP contribution < -0.4 is 15.8 Å². The van der Waals surface area contributed by atoms with Crippen molar-refractivity contribution in [3.8, 4) is 5.75 Å². The van der Waals surface area contributed by atoms with Gasteiger partial charge in [-0.2, -0.15) is 0 Å². The number of ether oxygens (including phenoxy) is 1. The monoisotopic (exact) mass is 208 g/mol. The normalized spacial score (nSPS) is 11.9. The van der Waals surface area contributed by atoms with Crippen molar-refractivity contribution in [2.75, 3.05) is 13.2 Å². The van der Waals surface area contributed by atoms with Crippen molar-refractivity contribution >= 4 is 5.91 Å². The molecule has 1 atom stereocenters. The Morgan fingerprint density at radius 1 is 1.47 bits per heavy atom. The minimum Gasteiger partial charge on any atom is -0.492 e. The zero-order valence-corrected chi connectivity index (χ0v) is 8.77. The van der Waals surface area contributed by atoms with Crippen LogP contribution in [-0.2, 0) is 4.79 Å². The summed E-state index contributed by atoms with van der Waals surface area (Å²) in [6.07, 6.45) is 0. The van der Waals surface area contributed by atoms with Gasteiger partial charge in [0.25, 0.3) is 0 Å². The number of carbonyl (C=O) groups excluding carboxylic acids is 1. The molecule has 1 aromatic rings. The third kappa shape index (κ3) is 4.46. The highest BCUT2D eigenvalue weighted by atomic mass is 16.5. The first-order chi connectivity index (χ1) is 7.20. The van der Waals surface area contributed by atoms with E-state index in [1.165, 1.54) is 0 Å². The van der Waals surface area contributed by atoms with Gasteiger partial charge >= 0.3 is 0 Å². The van der Waals surface area contributed by atoms with Crippen LogP contribution in [0.4, 0.5) is 0 Å². The van der Waals surface area contributed by atoms with E-state index in [9.17, 15) is 4.79 Å². The van der Waals surface area contributed by atoms with Gasteiger partial charge in [0.05, 0.1) is 12.6 Å². The van der Waals surface area contributed by atoms with E-state index in [-0.39, 0.29) is 5.91 Å². The lowest BCUT2D eigenvalue weighted by atomic mass is 10.3. The van der Waals surface area contributed by atoms with Crippen molar-refractivity contribution < 1.29 is 9.53 Å². The third-order valence-electron chi connectivity index (χ3n) is 1.83. The molecule has 0 aliphatic heterocycles. The molecule has 0 aliphatic carbocycles. The first kappa shape index (κ1) is 11.5. The first-order valence-corrected chi connectivity index (χ1v) is 4.91. The maximum absolute atomic E-state index is 11.1. The Kier molecular flexibility index (Phi) is 4.63. The molecule has 15 heavy (non-hydrogen) atoms. The number of nitrogens with two attached hydrogens (primary N) is 1. The molecule has 0 aliphatic rings. The molecule has 0 aromatic heterocycles. The highest BCUT2D eigenvalue weighted by Gasteiger charge is 2.04. The lowest BCUT2D eigenvalue weighted by Gasteiger charge is -2.08. The molecule has 1 rings (SSSR count). The molecule has 0 saturated heterocycles. The van der Waals surface area contributed by atoms with E-state index in [1.807, 2.05) is 30.3 Å². The van der Waals surface area contributed by atoms with Crippen LogP contribution in [-0.4, -0.2) is 25.1 Å². The zero-order chi connectivity index (χ0) is 11.1. The summed E-state index contributed by atoms with van der Waals surface area (Å²) < 4.78 is 5.38. The van der Waals surface area contributed by atoms with Gasteiger partial charge in [0.1, 0.15) is 12.4 Å². The molecular weight excluding hydrogens is 192 g/mol. The fourth-order valence-corrected chi connectivity index (χ4v) is 1.02. The van der Waals surface area contributed by atoms with E-state index in [0.717, 1.165) is 5.75 Å². The molecule has 0 radical (unpaired) electrons. The van der Waals surface area contributed by atoms with Gasteiger partial charge in [-0.05, 0) is 19.1 Å². The lowest BCUT2D eigenvalue weighted by molar-refractivity contribution is -0.122. The van der Waals surface area contributed by atoms with Gasteiger partial charge in [-0.3, -0.25) is 4.79 Å². The molecule has 1 amide bonds. The minimum atomic E-state index is -0.471. The van der Waals surface area contributed by atoms with Crippen molar-refractivity contribution in [1.82, 2.24) is 5.32 Å². The Labute approximate surface area is 89.4 Å². The Balaban J connectivity index is 2.15. The smallest absolute Gasteiger partial charge is 0.236 e. The predicted molar refractivity (Wildman–Crippen MR) is 58.6 cm³/mol. The summed E-state index contributed by atoms with van der Waals surface area (Å²) >= 11 is 0. The van der Waals surface area contributed by atoms with E-state index in [1.54, 1.807) is 6.92 Å². The second-order valence-corrected chi connectivity index (χ2v) is 3.24. The van der Waals surface area contributed by atoms with E-state index >= 15 is 0 Å². The van der Waals surface area contributed by atoms with Gasteiger partial charge in [0.15, 0.2) is 0 Å². The Bertz CT molecular complexity index is 299. The fraction of sp³-hybridized carbons (Fsp3) is 0.364. The Morgan fingerprint density at radius 3 is 2.73 bits per heavy atom. The predicted octanol–water partition coefficient (Wildman–Crippen LogP) is 0.529. The van der Waals surface area contributed by atoms with Crippen molar-refractivity contribution in [2.24, 2.45) is 5.73 Å². The summed E-state index contributed by atoms with van der Waals surface area (Å²) in [5, 5.41) is 2.66. The van der Waals surface area contributed by atoms with Gasteiger partial charge < -0.3 is 15.8 Å². The molecule has 1 aromatic carbocycles. The van der Waals surface area contributed by atoms with Crippen molar-refractivity contribution in [2.45, 2.75) is 13.0 Å². The molecular formula is C11H16N2O2. The van der Waals surface area contributed by atoms with Crippen LogP contribution in [0.3, 0.4) is 0 Å². The Hall–Kier alpha value is -1.55. The number of para-hydroxylation sites is 1. The van der Waals surface area contributed by atoms with E-state index < -0.39 is 6.04 Å². The summed E-state index contributed by atoms with van der Waals surface area (Å²) in [7, 11) is 0. The maximum atomic E-state index is 11.1. The van der Waals surface area contributed by atoms with Crippen LogP contribution in [0.1, 0.15) is 6.92 Å². The third-order valence-corrected chi connectivity index (χ3v) is 1.83. The van der Waals surface area contributed by atoms with Crippen LogP contribution in [0.15, 0.2) is 30.3 Å². The van der Waals surface area contributed by atoms with Crippen molar-refractivity contribution in [1.29, 1.82) is 0 Å². The number of rotatable bonds is 5. The summed E-state index contributed by atoms with van der Waals surface area (Å²) in [5.41, 5.74) is 5.38. The molecule has 0 fully saturated rings. The van der Waals surface area contributed by atoms with Crippen molar-refractivity contribution in [3.05, 3.63) is 30.3 Å². The number of hydrogen-bond acceptors (Lipinski definition) is 3. The van der Waals surface area contributed by atoms with Crippen LogP contribution in [0.2, 0.25) is 0 Å². The average molecular weight is 208 g/mol. The van der Waals surface area contributed by atoms with E-state index in [0.29, 0.717) is 13.2 Å². The molecule has 0 saturated carbocycles. The number of hydrogen-bond donors (Lipinski definition) is 2. The fourth-order valence-electron chi connectivity index (χ4n) is 1.02. The van der Waals surface area contributed by atoms with Gasteiger partial charge in [-0.15, -0.1) is 0 Å². The van der Waals surface area contributed by atoms with Gasteiger partial charge in [0.2, 0.25) is 5.91 Å². The zero-order valence-electron chi connectivity index (χ0n) is 8.77. The molecule has 0 heterocycles. The second kappa shape index (κ2) is 6.03. The quantitative estimate of drug-likeness (QED) is 0.694. The standard InChI is InChI=1S/C11H16N2O2/c1-9(12)11(14)13-7-8-15-10-5-3-2-4-6-10/h2-6,9H,7-8,12H2,1H3,(H,13,14)/t9-/m0/s1. The van der Waals surface area contributed by atoms with E-state index in [2.05, 4.69) is 5.32 Å². The van der Waals surface area contributed by atoms with Crippen LogP contribution >= 0.6 is 0 Å². The molecule has 82 valence electrons.